The lowest BCUT2D eigenvalue weighted by atomic mass is 10.1. The zero-order valence-corrected chi connectivity index (χ0v) is 6.63. The van der Waals surface area contributed by atoms with E-state index in [1.807, 2.05) is 13.0 Å². The lowest BCUT2D eigenvalue weighted by molar-refractivity contribution is 0.636. The molecular weight excluding hydrogens is 153 g/mol. The van der Waals surface area contributed by atoms with E-state index in [1.54, 1.807) is 6.07 Å². The third kappa shape index (κ3) is 0.961. The largest absolute Gasteiger partial charge is 0.253 e. The second-order valence-electron chi connectivity index (χ2n) is 2.66. The van der Waals surface area contributed by atoms with Crippen LogP contribution in [0.5, 0.6) is 0 Å². The molecule has 1 nitrogen and oxygen atoms in total. The number of hydrogen-bond acceptors (Lipinski definition) is 1. The van der Waals surface area contributed by atoms with Crippen molar-refractivity contribution < 1.29 is 4.39 Å². The van der Waals surface area contributed by atoms with Crippen LogP contribution in [-0.2, 0) is 0 Å². The Bertz CT molecular complexity index is 382. The van der Waals surface area contributed by atoms with Gasteiger partial charge in [-0.15, -0.1) is 0 Å². The highest BCUT2D eigenvalue weighted by Crippen LogP contribution is 2.17. The lowest BCUT2D eigenvalue weighted by Gasteiger charge is -1.99. The highest BCUT2D eigenvalue weighted by atomic mass is 19.1. The van der Waals surface area contributed by atoms with Crippen LogP contribution < -0.4 is 0 Å². The van der Waals surface area contributed by atoms with E-state index in [-0.39, 0.29) is 5.82 Å². The zero-order valence-electron chi connectivity index (χ0n) is 6.63. The molecule has 2 aromatic rings. The summed E-state index contributed by atoms with van der Waals surface area (Å²) >= 11 is 0. The number of para-hydroxylation sites is 1. The normalized spacial score (nSPS) is 10.5. The van der Waals surface area contributed by atoms with E-state index >= 15 is 0 Å². The minimum absolute atomic E-state index is 0.274. The number of halogens is 1. The van der Waals surface area contributed by atoms with Crippen LogP contribution >= 0.6 is 0 Å². The second kappa shape index (κ2) is 2.55. The number of nitrogens with zero attached hydrogens (tertiary/aromatic N) is 1. The van der Waals surface area contributed by atoms with Crippen LogP contribution in [0.3, 0.4) is 0 Å². The molecular formula is C10H7FN. The average Bonchev–Trinajstić information content (AvgIpc) is 2.07. The summed E-state index contributed by atoms with van der Waals surface area (Å²) in [6, 6.07) is 7.86. The number of hydrogen-bond donors (Lipinski definition) is 0. The van der Waals surface area contributed by atoms with E-state index in [1.165, 1.54) is 12.3 Å². The average molecular weight is 160 g/mol. The maximum atomic E-state index is 13.1. The molecule has 1 heterocycles. The summed E-state index contributed by atoms with van der Waals surface area (Å²) in [6.07, 6.45) is 1.50. The first-order valence-corrected chi connectivity index (χ1v) is 3.70. The Hall–Kier alpha value is -1.44. The molecule has 0 fully saturated rings. The molecule has 0 bridgehead atoms. The van der Waals surface area contributed by atoms with Crippen molar-refractivity contribution in [2.45, 2.75) is 6.92 Å². The Labute approximate surface area is 69.9 Å². The molecule has 0 spiro atoms. The summed E-state index contributed by atoms with van der Waals surface area (Å²) in [5.74, 6) is -0.274. The molecule has 12 heavy (non-hydrogen) atoms. The van der Waals surface area contributed by atoms with E-state index in [9.17, 15) is 4.39 Å². The van der Waals surface area contributed by atoms with Crippen LogP contribution in [0.25, 0.3) is 10.9 Å². The Morgan fingerprint density at radius 1 is 1.42 bits per heavy atom. The van der Waals surface area contributed by atoms with E-state index < -0.39 is 0 Å². The van der Waals surface area contributed by atoms with Gasteiger partial charge in [-0.1, -0.05) is 12.1 Å². The minimum Gasteiger partial charge on any atom is -0.253 e. The molecule has 1 radical (unpaired) electrons. The summed E-state index contributed by atoms with van der Waals surface area (Å²) in [4.78, 5) is 3.91. The first kappa shape index (κ1) is 7.22. The summed E-state index contributed by atoms with van der Waals surface area (Å²) in [5.41, 5.74) is 1.35. The molecule has 2 rings (SSSR count). The van der Waals surface area contributed by atoms with E-state index in [4.69, 9.17) is 0 Å². The predicted molar refractivity (Wildman–Crippen MR) is 45.3 cm³/mol. The van der Waals surface area contributed by atoms with Gasteiger partial charge >= 0.3 is 0 Å². The minimum atomic E-state index is -0.274. The third-order valence-electron chi connectivity index (χ3n) is 1.87. The first-order valence-electron chi connectivity index (χ1n) is 3.70. The highest BCUT2D eigenvalue weighted by molar-refractivity contribution is 5.81. The summed E-state index contributed by atoms with van der Waals surface area (Å²) in [7, 11) is 0. The SMILES string of the molecule is Cc1[c]cnc2c(F)cccc12. The van der Waals surface area contributed by atoms with Crippen LogP contribution in [0, 0.1) is 18.8 Å². The Balaban J connectivity index is 2.94. The molecule has 0 saturated heterocycles. The molecule has 0 saturated carbocycles. The van der Waals surface area contributed by atoms with Crippen molar-refractivity contribution in [3.8, 4) is 0 Å². The van der Waals surface area contributed by atoms with Gasteiger partial charge in [0.15, 0.2) is 0 Å². The Morgan fingerprint density at radius 2 is 2.25 bits per heavy atom. The highest BCUT2D eigenvalue weighted by Gasteiger charge is 2.01. The van der Waals surface area contributed by atoms with Crippen LogP contribution in [0.2, 0.25) is 0 Å². The standard InChI is InChI=1S/C10H7FN/c1-7-5-6-12-10-8(7)3-2-4-9(10)11/h2-4,6H,1H3. The Morgan fingerprint density at radius 3 is 3.00 bits per heavy atom. The fraction of sp³-hybridized carbons (Fsp3) is 0.100. The second-order valence-corrected chi connectivity index (χ2v) is 2.66. The fourth-order valence-corrected chi connectivity index (χ4v) is 1.22. The number of pyridine rings is 1. The third-order valence-corrected chi connectivity index (χ3v) is 1.87. The molecule has 0 N–H and O–H groups in total. The van der Waals surface area contributed by atoms with E-state index in [0.717, 1.165) is 10.9 Å². The molecule has 2 heteroatoms. The molecule has 0 atom stereocenters. The quantitative estimate of drug-likeness (QED) is 0.577. The molecule has 0 aliphatic heterocycles. The van der Waals surface area contributed by atoms with Crippen molar-refractivity contribution in [1.29, 1.82) is 0 Å². The van der Waals surface area contributed by atoms with Gasteiger partial charge in [0.25, 0.3) is 0 Å². The number of rotatable bonds is 0. The lowest BCUT2D eigenvalue weighted by Crippen LogP contribution is -1.85. The van der Waals surface area contributed by atoms with Crippen molar-refractivity contribution in [1.82, 2.24) is 4.98 Å². The van der Waals surface area contributed by atoms with Gasteiger partial charge in [-0.05, 0) is 18.6 Å². The van der Waals surface area contributed by atoms with E-state index in [0.29, 0.717) is 5.52 Å². The van der Waals surface area contributed by atoms with Gasteiger partial charge in [0.1, 0.15) is 11.3 Å². The molecule has 0 unspecified atom stereocenters. The van der Waals surface area contributed by atoms with Gasteiger partial charge in [-0.3, -0.25) is 4.98 Å². The number of aryl methyl sites for hydroxylation is 1. The number of benzene rings is 1. The van der Waals surface area contributed by atoms with E-state index in [2.05, 4.69) is 11.1 Å². The van der Waals surface area contributed by atoms with Crippen molar-refractivity contribution in [3.05, 3.63) is 41.8 Å². The number of aromatic nitrogens is 1. The van der Waals surface area contributed by atoms with Gasteiger partial charge in [0, 0.05) is 17.6 Å². The van der Waals surface area contributed by atoms with Crippen molar-refractivity contribution in [2.75, 3.05) is 0 Å². The molecule has 0 amide bonds. The smallest absolute Gasteiger partial charge is 0.149 e. The first-order chi connectivity index (χ1) is 5.79. The molecule has 0 aliphatic carbocycles. The summed E-state index contributed by atoms with van der Waals surface area (Å²) in [5, 5.41) is 0.831. The molecule has 59 valence electrons. The predicted octanol–water partition coefficient (Wildman–Crippen LogP) is 2.48. The molecule has 1 aromatic carbocycles. The summed E-state index contributed by atoms with van der Waals surface area (Å²) < 4.78 is 13.1. The Kier molecular flexibility index (Phi) is 1.54. The monoisotopic (exact) mass is 160 g/mol. The maximum Gasteiger partial charge on any atom is 0.149 e. The maximum absolute atomic E-state index is 13.1. The topological polar surface area (TPSA) is 12.9 Å². The van der Waals surface area contributed by atoms with Crippen LogP contribution in [-0.4, -0.2) is 4.98 Å². The van der Waals surface area contributed by atoms with Gasteiger partial charge < -0.3 is 0 Å². The fourth-order valence-electron chi connectivity index (χ4n) is 1.22. The van der Waals surface area contributed by atoms with Gasteiger partial charge in [-0.2, -0.15) is 0 Å². The number of fused-ring (bicyclic) bond motifs is 1. The van der Waals surface area contributed by atoms with Crippen molar-refractivity contribution in [3.63, 3.8) is 0 Å². The van der Waals surface area contributed by atoms with Gasteiger partial charge in [0.05, 0.1) is 0 Å². The molecule has 0 aliphatic rings. The zero-order chi connectivity index (χ0) is 8.55. The van der Waals surface area contributed by atoms with Crippen molar-refractivity contribution >= 4 is 10.9 Å². The van der Waals surface area contributed by atoms with Crippen LogP contribution in [0.4, 0.5) is 4.39 Å². The van der Waals surface area contributed by atoms with Gasteiger partial charge in [0.2, 0.25) is 0 Å². The van der Waals surface area contributed by atoms with Gasteiger partial charge in [-0.25, -0.2) is 4.39 Å². The van der Waals surface area contributed by atoms with Crippen LogP contribution in [0.1, 0.15) is 5.56 Å². The summed E-state index contributed by atoms with van der Waals surface area (Å²) in [6.45, 7) is 1.89. The molecule has 1 aromatic heterocycles. The van der Waals surface area contributed by atoms with Crippen molar-refractivity contribution in [2.24, 2.45) is 0 Å². The van der Waals surface area contributed by atoms with Crippen LogP contribution in [0.15, 0.2) is 24.4 Å².